The van der Waals surface area contributed by atoms with Crippen molar-refractivity contribution in [1.29, 1.82) is 0 Å². The normalized spacial score (nSPS) is 19.3. The van der Waals surface area contributed by atoms with Gasteiger partial charge in [-0.25, -0.2) is 4.98 Å². The molecule has 6 rings (SSSR count). The summed E-state index contributed by atoms with van der Waals surface area (Å²) < 4.78 is 12.2. The van der Waals surface area contributed by atoms with Crippen molar-refractivity contribution in [2.75, 3.05) is 50.4 Å². The zero-order valence-electron chi connectivity index (χ0n) is 30.6. The van der Waals surface area contributed by atoms with Gasteiger partial charge in [0.25, 0.3) is 0 Å². The van der Waals surface area contributed by atoms with Crippen LogP contribution in [0.5, 0.6) is 11.5 Å². The number of nitrogen functional groups attached to an aromatic ring is 1. The number of carboxylic acids is 2. The summed E-state index contributed by atoms with van der Waals surface area (Å²) in [6, 6.07) is 14.3. The number of pyridine rings is 1. The molecule has 2 unspecified atom stereocenters. The quantitative estimate of drug-likeness (QED) is 0.104. The molecule has 16 nitrogen and oxygen atoms in total. The van der Waals surface area contributed by atoms with Gasteiger partial charge in [-0.2, -0.15) is 0 Å². The van der Waals surface area contributed by atoms with Gasteiger partial charge in [0.1, 0.15) is 23.5 Å². The van der Waals surface area contributed by atoms with Crippen molar-refractivity contribution in [3.63, 3.8) is 0 Å². The fourth-order valence-corrected chi connectivity index (χ4v) is 7.03. The molecule has 0 aliphatic carbocycles. The van der Waals surface area contributed by atoms with Crippen molar-refractivity contribution >= 4 is 41.2 Å². The number of amides is 2. The van der Waals surface area contributed by atoms with Crippen molar-refractivity contribution in [1.82, 2.24) is 25.8 Å². The maximum Gasteiger partial charge on any atom is 0.304 e. The molecule has 3 aliphatic rings. The van der Waals surface area contributed by atoms with Crippen LogP contribution in [-0.4, -0.2) is 89.2 Å². The van der Waals surface area contributed by atoms with E-state index in [9.17, 15) is 29.4 Å². The zero-order valence-corrected chi connectivity index (χ0v) is 30.6. The van der Waals surface area contributed by atoms with Gasteiger partial charge >= 0.3 is 11.9 Å². The molecule has 0 bridgehead atoms. The lowest BCUT2D eigenvalue weighted by molar-refractivity contribution is -0.147. The van der Waals surface area contributed by atoms with Gasteiger partial charge in [-0.15, -0.1) is 0 Å². The zero-order chi connectivity index (χ0) is 38.7. The number of carbonyl (C=O) groups is 4. The minimum absolute atomic E-state index is 0.0529. The maximum absolute atomic E-state index is 14.4. The summed E-state index contributed by atoms with van der Waals surface area (Å²) >= 11 is 0. The minimum atomic E-state index is -1.12. The number of carbonyl (C=O) groups excluding carboxylic acids is 2. The van der Waals surface area contributed by atoms with Gasteiger partial charge in [-0.1, -0.05) is 12.1 Å². The van der Waals surface area contributed by atoms with Crippen LogP contribution in [0.3, 0.4) is 0 Å². The molecule has 2 amide bonds. The van der Waals surface area contributed by atoms with Gasteiger partial charge in [0.2, 0.25) is 11.8 Å². The predicted molar refractivity (Wildman–Crippen MR) is 203 cm³/mol. The maximum atomic E-state index is 14.4. The highest BCUT2D eigenvalue weighted by atomic mass is 16.5. The molecule has 55 heavy (non-hydrogen) atoms. The summed E-state index contributed by atoms with van der Waals surface area (Å²) in [4.78, 5) is 62.0. The molecule has 0 saturated carbocycles. The van der Waals surface area contributed by atoms with E-state index >= 15 is 0 Å². The third kappa shape index (κ3) is 10.5. The Balaban J connectivity index is 1.22. The third-order valence-electron chi connectivity index (χ3n) is 9.76. The van der Waals surface area contributed by atoms with Gasteiger partial charge in [0.05, 0.1) is 37.9 Å². The second-order valence-corrected chi connectivity index (χ2v) is 13.9. The molecule has 1 aromatic heterocycles. The molecule has 0 radical (unpaired) electrons. The topological polar surface area (TPSA) is 230 Å². The smallest absolute Gasteiger partial charge is 0.304 e. The third-order valence-corrected chi connectivity index (χ3v) is 9.76. The van der Waals surface area contributed by atoms with E-state index in [1.807, 2.05) is 18.2 Å². The van der Waals surface area contributed by atoms with E-state index in [1.54, 1.807) is 36.5 Å². The fourth-order valence-electron chi connectivity index (χ4n) is 7.03. The molecule has 8 N–H and O–H groups in total. The lowest BCUT2D eigenvalue weighted by Crippen LogP contribution is -2.46. The molecule has 4 heterocycles. The highest BCUT2D eigenvalue weighted by Crippen LogP contribution is 2.37. The Morgan fingerprint density at radius 1 is 0.873 bits per heavy atom. The van der Waals surface area contributed by atoms with Crippen molar-refractivity contribution in [2.45, 2.75) is 57.7 Å². The summed E-state index contributed by atoms with van der Waals surface area (Å²) in [7, 11) is 0. The lowest BCUT2D eigenvalue weighted by Gasteiger charge is -2.34. The van der Waals surface area contributed by atoms with Crippen molar-refractivity contribution in [3.8, 4) is 11.5 Å². The number of hydrogen-bond acceptors (Lipinski definition) is 12. The van der Waals surface area contributed by atoms with E-state index in [0.29, 0.717) is 73.3 Å². The number of anilines is 2. The number of aliphatic imine (C=N–C) groups is 1. The summed E-state index contributed by atoms with van der Waals surface area (Å²) in [6.45, 7) is 3.75. The van der Waals surface area contributed by atoms with Crippen LogP contribution in [0, 0.1) is 11.8 Å². The molecule has 0 fully saturated rings. The second-order valence-electron chi connectivity index (χ2n) is 13.9. The number of nitrogens with two attached hydrogens (primary N) is 1. The number of nitrogens with zero attached hydrogens (tertiary/aromatic N) is 3. The predicted octanol–water partition coefficient (Wildman–Crippen LogP) is 2.69. The van der Waals surface area contributed by atoms with E-state index in [4.69, 9.17) is 15.2 Å². The van der Waals surface area contributed by atoms with Gasteiger partial charge in [-0.3, -0.25) is 24.2 Å². The van der Waals surface area contributed by atoms with Crippen LogP contribution in [0.2, 0.25) is 0 Å². The number of carboxylic acid groups (broad SMARTS) is 2. The van der Waals surface area contributed by atoms with Crippen molar-refractivity contribution in [2.24, 2.45) is 16.8 Å². The molecule has 2 aromatic carbocycles. The molecule has 3 aromatic rings. The minimum Gasteiger partial charge on any atom is -0.494 e. The number of aromatic nitrogens is 1. The Morgan fingerprint density at radius 3 is 2.27 bits per heavy atom. The highest BCUT2D eigenvalue weighted by Gasteiger charge is 2.40. The van der Waals surface area contributed by atoms with Crippen LogP contribution in [0.25, 0.3) is 0 Å². The number of fused-ring (bicyclic) bond motifs is 2. The second kappa shape index (κ2) is 18.3. The van der Waals surface area contributed by atoms with Crippen molar-refractivity contribution < 1.29 is 38.9 Å². The number of nitrogens with one attached hydrogen (secondary N) is 4. The Morgan fingerprint density at radius 2 is 1.56 bits per heavy atom. The van der Waals surface area contributed by atoms with Gasteiger partial charge in [-0.05, 0) is 79.1 Å². The molecule has 0 saturated heterocycles. The molecular weight excluding hydrogens is 708 g/mol. The van der Waals surface area contributed by atoms with E-state index in [2.05, 4.69) is 31.2 Å². The average molecular weight is 757 g/mol. The summed E-state index contributed by atoms with van der Waals surface area (Å²) in [5, 5.41) is 32.1. The van der Waals surface area contributed by atoms with Crippen LogP contribution in [-0.2, 0) is 38.6 Å². The van der Waals surface area contributed by atoms with Crippen molar-refractivity contribution in [3.05, 3.63) is 77.0 Å². The Labute approximate surface area is 318 Å². The van der Waals surface area contributed by atoms with Crippen LogP contribution in [0.4, 0.5) is 11.5 Å². The standard InChI is InChI=1S/C39H48N8O8/c40-29-8-13-42-33(21-29)41-11-2-14-55-31-7-5-25-17-26(19-34(48)49)37(52)46-36(32(25)22-31)47-23-28-18-30(54-15-3-12-45-39-43-9-1-10-44-39)6-4-24(28)16-27(38(47)53)20-35(50)51/h4-8,13,18,21-22,26-27,36H,1-3,9-12,14-17,19-20,23H2,(H,46,52)(H,48,49)(H,50,51)(H3,40,41,42)(H2,43,44,45)/t26-,27?,36?/m1/s1. The molecular formula is C39H48N8O8. The number of rotatable bonds is 16. The first-order chi connectivity index (χ1) is 26.6. The molecule has 292 valence electrons. The van der Waals surface area contributed by atoms with Crippen LogP contribution in [0.15, 0.2) is 59.7 Å². The van der Waals surface area contributed by atoms with Gasteiger partial charge in [0, 0.05) is 56.2 Å². The fraction of sp³-hybridized carbons (Fsp3) is 0.436. The molecule has 0 spiro atoms. The number of hydrogen-bond donors (Lipinski definition) is 7. The first kappa shape index (κ1) is 38.7. The molecule has 3 aliphatic heterocycles. The van der Waals surface area contributed by atoms with Crippen LogP contribution in [0.1, 0.15) is 60.5 Å². The largest absolute Gasteiger partial charge is 0.494 e. The first-order valence-electron chi connectivity index (χ1n) is 18.6. The number of guanidine groups is 1. The van der Waals surface area contributed by atoms with E-state index in [1.165, 1.54) is 4.90 Å². The Hall–Kier alpha value is -6.06. The van der Waals surface area contributed by atoms with Gasteiger partial charge in [0.15, 0.2) is 5.96 Å². The van der Waals surface area contributed by atoms with E-state index in [0.717, 1.165) is 36.6 Å². The Kier molecular flexibility index (Phi) is 12.9. The van der Waals surface area contributed by atoms with Crippen LogP contribution < -0.4 is 36.5 Å². The molecule has 16 heteroatoms. The summed E-state index contributed by atoms with van der Waals surface area (Å²) in [5.74, 6) is -2.45. The number of benzene rings is 2. The lowest BCUT2D eigenvalue weighted by atomic mass is 9.93. The number of ether oxygens (including phenoxy) is 2. The SMILES string of the molecule is Nc1ccnc(NCCCOc2ccc3c(c2)C(N2Cc4cc(OCCCNC5=NCCCN5)ccc4CC(CC(=O)O)C2=O)NC(=O)[C@@H](CC(=O)O)C3)c1. The Bertz CT molecular complexity index is 1900. The van der Waals surface area contributed by atoms with E-state index < -0.39 is 54.6 Å². The first-order valence-corrected chi connectivity index (χ1v) is 18.6. The van der Waals surface area contributed by atoms with Crippen LogP contribution >= 0.6 is 0 Å². The van der Waals surface area contributed by atoms with E-state index in [-0.39, 0.29) is 19.4 Å². The highest BCUT2D eigenvalue weighted by molar-refractivity contribution is 5.87. The summed E-state index contributed by atoms with van der Waals surface area (Å²) in [6.07, 6.45) is 2.47. The monoisotopic (exact) mass is 756 g/mol. The summed E-state index contributed by atoms with van der Waals surface area (Å²) in [5.41, 5.74) is 9.26. The average Bonchev–Trinajstić information content (AvgIpc) is 3.37. The van der Waals surface area contributed by atoms with Gasteiger partial charge < -0.3 is 51.6 Å². The molecule has 3 atom stereocenters. The number of aliphatic carboxylic acids is 2.